The molecule has 1 N–H and O–H groups in total. The molecular formula is C18H19ClN2O3. The number of carbonyl (C=O) groups is 1. The van der Waals surface area contributed by atoms with Crippen LogP contribution in [0.3, 0.4) is 0 Å². The van der Waals surface area contributed by atoms with Crippen molar-refractivity contribution in [2.75, 3.05) is 19.7 Å². The lowest BCUT2D eigenvalue weighted by molar-refractivity contribution is -0.0502. The van der Waals surface area contributed by atoms with Crippen molar-refractivity contribution in [3.05, 3.63) is 59.0 Å². The number of fused-ring (bicyclic) bond motifs is 1. The number of carbonyl (C=O) groups excluding carboxylic acids is 1. The molecule has 1 amide bonds. The van der Waals surface area contributed by atoms with Gasteiger partial charge in [0.15, 0.2) is 11.0 Å². The van der Waals surface area contributed by atoms with Crippen molar-refractivity contribution in [1.29, 1.82) is 0 Å². The first-order valence-corrected chi connectivity index (χ1v) is 8.53. The predicted molar refractivity (Wildman–Crippen MR) is 90.1 cm³/mol. The second-order valence-corrected chi connectivity index (χ2v) is 6.72. The van der Waals surface area contributed by atoms with Gasteiger partial charge < -0.3 is 14.5 Å². The molecule has 2 saturated heterocycles. The van der Waals surface area contributed by atoms with E-state index < -0.39 is 0 Å². The van der Waals surface area contributed by atoms with Gasteiger partial charge >= 0.3 is 0 Å². The molecule has 4 rings (SSSR count). The number of morpholine rings is 1. The van der Waals surface area contributed by atoms with Gasteiger partial charge in [0, 0.05) is 25.2 Å². The monoisotopic (exact) mass is 346 g/mol. The highest BCUT2D eigenvalue weighted by molar-refractivity contribution is 6.29. The summed E-state index contributed by atoms with van der Waals surface area (Å²) in [5, 5.41) is 3.26. The van der Waals surface area contributed by atoms with Crippen LogP contribution in [0.25, 0.3) is 0 Å². The van der Waals surface area contributed by atoms with E-state index in [2.05, 4.69) is 22.3 Å². The van der Waals surface area contributed by atoms with Crippen LogP contribution >= 0.6 is 11.6 Å². The SMILES string of the molecule is O=C(N[C@H]1C[C@H]2CO[C@@H](c3ccccc3)CN2C1)c1ccc(Cl)o1. The van der Waals surface area contributed by atoms with Gasteiger partial charge in [-0.05, 0) is 35.7 Å². The summed E-state index contributed by atoms with van der Waals surface area (Å²) in [6.07, 6.45) is 0.989. The highest BCUT2D eigenvalue weighted by Gasteiger charge is 2.38. The average molecular weight is 347 g/mol. The van der Waals surface area contributed by atoms with E-state index in [0.717, 1.165) is 19.5 Å². The van der Waals surface area contributed by atoms with Crippen LogP contribution in [0.2, 0.25) is 5.22 Å². The quantitative estimate of drug-likeness (QED) is 0.928. The zero-order chi connectivity index (χ0) is 16.5. The van der Waals surface area contributed by atoms with Crippen LogP contribution < -0.4 is 5.32 Å². The van der Waals surface area contributed by atoms with Crippen LogP contribution in [0.5, 0.6) is 0 Å². The standard InChI is InChI=1S/C18H19ClN2O3/c19-17-7-6-15(24-17)18(22)20-13-8-14-11-23-16(10-21(14)9-13)12-4-2-1-3-5-12/h1-7,13-14,16H,8-11H2,(H,20,22)/t13-,14-,16+/m0/s1. The van der Waals surface area contributed by atoms with Crippen molar-refractivity contribution in [3.8, 4) is 0 Å². The molecule has 0 bridgehead atoms. The van der Waals surface area contributed by atoms with Crippen LogP contribution in [0, 0.1) is 0 Å². The van der Waals surface area contributed by atoms with E-state index in [4.69, 9.17) is 20.8 Å². The van der Waals surface area contributed by atoms with Crippen LogP contribution in [-0.2, 0) is 4.74 Å². The molecule has 1 aromatic heterocycles. The number of furan rings is 1. The summed E-state index contributed by atoms with van der Waals surface area (Å²) in [5.74, 6) is 0.0376. The number of amides is 1. The summed E-state index contributed by atoms with van der Waals surface area (Å²) in [6.45, 7) is 2.38. The molecule has 0 spiro atoms. The van der Waals surface area contributed by atoms with Gasteiger partial charge in [0.05, 0.1) is 12.7 Å². The molecule has 2 fully saturated rings. The molecule has 0 aliphatic carbocycles. The normalized spacial score (nSPS) is 27.0. The number of nitrogens with one attached hydrogen (secondary N) is 1. The van der Waals surface area contributed by atoms with Crippen molar-refractivity contribution in [2.24, 2.45) is 0 Å². The van der Waals surface area contributed by atoms with Crippen molar-refractivity contribution in [3.63, 3.8) is 0 Å². The minimum absolute atomic E-state index is 0.0979. The molecular weight excluding hydrogens is 328 g/mol. The maximum Gasteiger partial charge on any atom is 0.287 e. The number of nitrogens with zero attached hydrogens (tertiary/aromatic N) is 1. The number of hydrogen-bond acceptors (Lipinski definition) is 4. The summed E-state index contributed by atoms with van der Waals surface area (Å²) in [5.41, 5.74) is 1.20. The largest absolute Gasteiger partial charge is 0.440 e. The molecule has 0 radical (unpaired) electrons. The van der Waals surface area contributed by atoms with E-state index in [1.54, 1.807) is 12.1 Å². The number of benzene rings is 1. The molecule has 2 aliphatic rings. The molecule has 2 aliphatic heterocycles. The Balaban J connectivity index is 1.37. The van der Waals surface area contributed by atoms with Crippen LogP contribution in [0.4, 0.5) is 0 Å². The Morgan fingerprint density at radius 1 is 1.17 bits per heavy atom. The predicted octanol–water partition coefficient (Wildman–Crippen LogP) is 2.88. The smallest absolute Gasteiger partial charge is 0.287 e. The summed E-state index contributed by atoms with van der Waals surface area (Å²) >= 11 is 5.72. The molecule has 126 valence electrons. The Hall–Kier alpha value is -1.82. The minimum atomic E-state index is -0.215. The van der Waals surface area contributed by atoms with Gasteiger partial charge in [0.2, 0.25) is 0 Å². The third kappa shape index (κ3) is 3.20. The molecule has 0 unspecified atom stereocenters. The van der Waals surface area contributed by atoms with E-state index in [9.17, 15) is 4.79 Å². The van der Waals surface area contributed by atoms with E-state index in [-0.39, 0.29) is 29.0 Å². The van der Waals surface area contributed by atoms with Gasteiger partial charge in [-0.1, -0.05) is 30.3 Å². The Kier molecular flexibility index (Phi) is 4.31. The number of ether oxygens (including phenoxy) is 1. The molecule has 3 atom stereocenters. The van der Waals surface area contributed by atoms with E-state index in [1.807, 2.05) is 18.2 Å². The number of rotatable bonds is 3. The fourth-order valence-electron chi connectivity index (χ4n) is 3.54. The number of hydrogen-bond donors (Lipinski definition) is 1. The zero-order valence-electron chi connectivity index (χ0n) is 13.2. The van der Waals surface area contributed by atoms with Crippen molar-refractivity contribution in [2.45, 2.75) is 24.6 Å². The summed E-state index contributed by atoms with van der Waals surface area (Å²) in [6, 6.07) is 13.9. The van der Waals surface area contributed by atoms with Crippen LogP contribution in [-0.4, -0.2) is 42.6 Å². The fraction of sp³-hybridized carbons (Fsp3) is 0.389. The first-order valence-electron chi connectivity index (χ1n) is 8.16. The summed E-state index contributed by atoms with van der Waals surface area (Å²) < 4.78 is 11.2. The third-order valence-electron chi connectivity index (χ3n) is 4.72. The summed E-state index contributed by atoms with van der Waals surface area (Å²) in [4.78, 5) is 14.6. The molecule has 6 heteroatoms. The maximum atomic E-state index is 12.2. The van der Waals surface area contributed by atoms with Crippen molar-refractivity contribution in [1.82, 2.24) is 10.2 Å². The lowest BCUT2D eigenvalue weighted by Gasteiger charge is -2.35. The first kappa shape index (κ1) is 15.7. The Morgan fingerprint density at radius 3 is 2.75 bits per heavy atom. The van der Waals surface area contributed by atoms with Gasteiger partial charge in [0.1, 0.15) is 0 Å². The maximum absolute atomic E-state index is 12.2. The van der Waals surface area contributed by atoms with E-state index in [1.165, 1.54) is 5.56 Å². The zero-order valence-corrected chi connectivity index (χ0v) is 13.9. The third-order valence-corrected chi connectivity index (χ3v) is 4.92. The highest BCUT2D eigenvalue weighted by Crippen LogP contribution is 2.30. The van der Waals surface area contributed by atoms with E-state index in [0.29, 0.717) is 12.6 Å². The van der Waals surface area contributed by atoms with Gasteiger partial charge in [-0.25, -0.2) is 0 Å². The lowest BCUT2D eigenvalue weighted by Crippen LogP contribution is -2.43. The molecule has 24 heavy (non-hydrogen) atoms. The van der Waals surface area contributed by atoms with Gasteiger partial charge in [-0.3, -0.25) is 9.69 Å². The Morgan fingerprint density at radius 2 is 2.00 bits per heavy atom. The second-order valence-electron chi connectivity index (χ2n) is 6.35. The molecule has 0 saturated carbocycles. The minimum Gasteiger partial charge on any atom is -0.440 e. The fourth-order valence-corrected chi connectivity index (χ4v) is 3.69. The lowest BCUT2D eigenvalue weighted by atomic mass is 10.1. The van der Waals surface area contributed by atoms with Gasteiger partial charge in [-0.2, -0.15) is 0 Å². The molecule has 3 heterocycles. The van der Waals surface area contributed by atoms with Crippen molar-refractivity contribution >= 4 is 17.5 Å². The van der Waals surface area contributed by atoms with Crippen molar-refractivity contribution < 1.29 is 13.9 Å². The molecule has 2 aromatic rings. The van der Waals surface area contributed by atoms with Gasteiger partial charge in [0.25, 0.3) is 5.91 Å². The molecule has 5 nitrogen and oxygen atoms in total. The van der Waals surface area contributed by atoms with Gasteiger partial charge in [-0.15, -0.1) is 0 Å². The number of halogens is 1. The van der Waals surface area contributed by atoms with E-state index >= 15 is 0 Å². The Bertz CT molecular complexity index is 718. The summed E-state index contributed by atoms with van der Waals surface area (Å²) in [7, 11) is 0. The topological polar surface area (TPSA) is 54.7 Å². The Labute approximate surface area is 145 Å². The first-order chi connectivity index (χ1) is 11.7. The van der Waals surface area contributed by atoms with Crippen LogP contribution in [0.15, 0.2) is 46.9 Å². The average Bonchev–Trinajstić information content (AvgIpc) is 3.20. The highest BCUT2D eigenvalue weighted by atomic mass is 35.5. The molecule has 1 aromatic carbocycles. The van der Waals surface area contributed by atoms with Crippen LogP contribution in [0.1, 0.15) is 28.6 Å². The second kappa shape index (κ2) is 6.59.